The molecule has 0 spiro atoms. The van der Waals surface area contributed by atoms with Crippen molar-refractivity contribution in [3.8, 4) is 0 Å². The van der Waals surface area contributed by atoms with Crippen molar-refractivity contribution in [2.24, 2.45) is 17.6 Å². The first-order valence-electron chi connectivity index (χ1n) is 7.91. The van der Waals surface area contributed by atoms with Crippen molar-refractivity contribution in [1.82, 2.24) is 9.80 Å². The van der Waals surface area contributed by atoms with E-state index in [-0.39, 0.29) is 12.1 Å². The molecule has 2 heterocycles. The molecule has 0 aromatic rings. The number of likely N-dealkylation sites (tertiary alicyclic amines) is 2. The van der Waals surface area contributed by atoms with E-state index in [1.54, 1.807) is 0 Å². The Morgan fingerprint density at radius 1 is 1.32 bits per heavy atom. The second kappa shape index (κ2) is 6.60. The lowest BCUT2D eigenvalue weighted by molar-refractivity contribution is 0.0876. The van der Waals surface area contributed by atoms with Crippen LogP contribution in [-0.4, -0.2) is 48.1 Å². The number of rotatable bonds is 2. The number of carbonyl (C=O) groups excluding carboxylic acids is 1. The van der Waals surface area contributed by atoms with Gasteiger partial charge in [0.05, 0.1) is 0 Å². The fraction of sp³-hybridized carbons (Fsp3) is 0.933. The van der Waals surface area contributed by atoms with E-state index in [0.29, 0.717) is 12.5 Å². The molecule has 2 amide bonds. The number of urea groups is 1. The molecule has 4 heteroatoms. The van der Waals surface area contributed by atoms with Crippen LogP contribution in [0.15, 0.2) is 0 Å². The number of nitrogens with two attached hydrogens (primary N) is 1. The molecular formula is C15H29N3O. The predicted molar refractivity (Wildman–Crippen MR) is 77.9 cm³/mol. The Morgan fingerprint density at radius 2 is 2.11 bits per heavy atom. The van der Waals surface area contributed by atoms with Gasteiger partial charge in [0, 0.05) is 32.2 Å². The highest BCUT2D eigenvalue weighted by Gasteiger charge is 2.33. The Labute approximate surface area is 117 Å². The van der Waals surface area contributed by atoms with Crippen LogP contribution in [0.5, 0.6) is 0 Å². The van der Waals surface area contributed by atoms with E-state index < -0.39 is 0 Å². The molecule has 2 saturated heterocycles. The molecule has 2 aliphatic heterocycles. The summed E-state index contributed by atoms with van der Waals surface area (Å²) in [4.78, 5) is 16.7. The lowest BCUT2D eigenvalue weighted by atomic mass is 9.89. The summed E-state index contributed by atoms with van der Waals surface area (Å²) in [5, 5.41) is 0. The zero-order chi connectivity index (χ0) is 13.8. The van der Waals surface area contributed by atoms with Crippen LogP contribution in [0.3, 0.4) is 0 Å². The van der Waals surface area contributed by atoms with Gasteiger partial charge in [-0.2, -0.15) is 0 Å². The number of hydrogen-bond acceptors (Lipinski definition) is 2. The first-order chi connectivity index (χ1) is 9.15. The minimum absolute atomic E-state index is 0.233. The minimum Gasteiger partial charge on any atom is -0.328 e. The summed E-state index contributed by atoms with van der Waals surface area (Å²) >= 11 is 0. The van der Waals surface area contributed by atoms with Gasteiger partial charge in [-0.3, -0.25) is 0 Å². The van der Waals surface area contributed by atoms with Gasteiger partial charge in [0.2, 0.25) is 0 Å². The van der Waals surface area contributed by atoms with Crippen molar-refractivity contribution < 1.29 is 4.79 Å². The molecule has 0 bridgehead atoms. The Kier molecular flexibility index (Phi) is 5.08. The van der Waals surface area contributed by atoms with Gasteiger partial charge in [0.15, 0.2) is 0 Å². The molecule has 110 valence electrons. The molecule has 2 fully saturated rings. The molecular weight excluding hydrogens is 238 g/mol. The molecule has 3 atom stereocenters. The number of piperidine rings is 2. The third-order valence-corrected chi connectivity index (χ3v) is 4.85. The second-order valence-electron chi connectivity index (χ2n) is 6.36. The van der Waals surface area contributed by atoms with Gasteiger partial charge in [-0.05, 0) is 37.5 Å². The summed E-state index contributed by atoms with van der Waals surface area (Å²) < 4.78 is 0. The molecule has 4 nitrogen and oxygen atoms in total. The van der Waals surface area contributed by atoms with Gasteiger partial charge < -0.3 is 15.5 Å². The largest absolute Gasteiger partial charge is 0.328 e. The quantitative estimate of drug-likeness (QED) is 0.834. The molecule has 0 aromatic carbocycles. The third kappa shape index (κ3) is 3.41. The molecule has 0 aromatic heterocycles. The number of amides is 2. The van der Waals surface area contributed by atoms with Crippen LogP contribution in [0, 0.1) is 11.8 Å². The highest BCUT2D eigenvalue weighted by Crippen LogP contribution is 2.27. The Bertz CT molecular complexity index is 308. The lowest BCUT2D eigenvalue weighted by Crippen LogP contribution is -2.55. The van der Waals surface area contributed by atoms with Crippen LogP contribution >= 0.6 is 0 Å². The van der Waals surface area contributed by atoms with Crippen molar-refractivity contribution in [1.29, 1.82) is 0 Å². The minimum atomic E-state index is 0.233. The van der Waals surface area contributed by atoms with Gasteiger partial charge in [0.1, 0.15) is 0 Å². The van der Waals surface area contributed by atoms with Gasteiger partial charge in [-0.15, -0.1) is 0 Å². The molecule has 0 saturated carbocycles. The topological polar surface area (TPSA) is 49.6 Å². The van der Waals surface area contributed by atoms with E-state index in [9.17, 15) is 4.79 Å². The molecule has 19 heavy (non-hydrogen) atoms. The third-order valence-electron chi connectivity index (χ3n) is 4.85. The fourth-order valence-corrected chi connectivity index (χ4v) is 3.52. The zero-order valence-corrected chi connectivity index (χ0v) is 12.5. The summed E-state index contributed by atoms with van der Waals surface area (Å²) in [6.07, 6.45) is 5.83. The number of hydrogen-bond donors (Lipinski definition) is 1. The normalized spacial score (nSPS) is 32.5. The van der Waals surface area contributed by atoms with Crippen molar-refractivity contribution in [2.75, 3.05) is 26.2 Å². The summed E-state index contributed by atoms with van der Waals surface area (Å²) in [7, 11) is 0. The molecule has 2 N–H and O–H groups in total. The van der Waals surface area contributed by atoms with E-state index >= 15 is 0 Å². The van der Waals surface area contributed by atoms with E-state index in [2.05, 4.69) is 13.8 Å². The number of carbonyl (C=O) groups is 1. The number of nitrogens with zero attached hydrogens (tertiary/aromatic N) is 2. The van der Waals surface area contributed by atoms with Gasteiger partial charge >= 0.3 is 6.03 Å². The fourth-order valence-electron chi connectivity index (χ4n) is 3.52. The van der Waals surface area contributed by atoms with E-state index in [4.69, 9.17) is 5.73 Å². The average Bonchev–Trinajstić information content (AvgIpc) is 2.45. The average molecular weight is 267 g/mol. The summed E-state index contributed by atoms with van der Waals surface area (Å²) in [6.45, 7) is 7.82. The summed E-state index contributed by atoms with van der Waals surface area (Å²) in [6, 6.07) is 0.486. The highest BCUT2D eigenvalue weighted by atomic mass is 16.2. The van der Waals surface area contributed by atoms with Crippen molar-refractivity contribution >= 4 is 6.03 Å². The molecule has 0 aliphatic carbocycles. The molecule has 2 rings (SSSR count). The molecule has 0 radical (unpaired) electrons. The zero-order valence-electron chi connectivity index (χ0n) is 12.5. The monoisotopic (exact) mass is 267 g/mol. The van der Waals surface area contributed by atoms with Crippen LogP contribution in [-0.2, 0) is 0 Å². The van der Waals surface area contributed by atoms with Crippen molar-refractivity contribution in [3.63, 3.8) is 0 Å². The first kappa shape index (κ1) is 14.6. The lowest BCUT2D eigenvalue weighted by Gasteiger charge is -2.43. The second-order valence-corrected chi connectivity index (χ2v) is 6.36. The SMILES string of the molecule is CCC1CCN(C(=O)N2CCCC(C)C2)C(CN)C1. The Balaban J connectivity index is 1.97. The van der Waals surface area contributed by atoms with Gasteiger partial charge in [-0.25, -0.2) is 4.79 Å². The van der Waals surface area contributed by atoms with Crippen LogP contribution in [0.25, 0.3) is 0 Å². The van der Waals surface area contributed by atoms with E-state index in [0.717, 1.165) is 44.8 Å². The summed E-state index contributed by atoms with van der Waals surface area (Å²) in [5.74, 6) is 1.39. The van der Waals surface area contributed by atoms with Crippen LogP contribution in [0.4, 0.5) is 4.79 Å². The van der Waals surface area contributed by atoms with Crippen LogP contribution in [0.2, 0.25) is 0 Å². The highest BCUT2D eigenvalue weighted by molar-refractivity contribution is 5.75. The maximum absolute atomic E-state index is 12.7. The van der Waals surface area contributed by atoms with Gasteiger partial charge in [-0.1, -0.05) is 20.3 Å². The molecule has 2 aliphatic rings. The van der Waals surface area contributed by atoms with Crippen molar-refractivity contribution in [3.05, 3.63) is 0 Å². The van der Waals surface area contributed by atoms with Crippen LogP contribution in [0.1, 0.15) is 46.0 Å². The smallest absolute Gasteiger partial charge is 0.320 e. The Morgan fingerprint density at radius 3 is 2.74 bits per heavy atom. The predicted octanol–water partition coefficient (Wildman–Crippen LogP) is 2.29. The van der Waals surface area contributed by atoms with Gasteiger partial charge in [0.25, 0.3) is 0 Å². The summed E-state index contributed by atoms with van der Waals surface area (Å²) in [5.41, 5.74) is 5.89. The van der Waals surface area contributed by atoms with Crippen LogP contribution < -0.4 is 5.73 Å². The molecule has 3 unspecified atom stereocenters. The first-order valence-corrected chi connectivity index (χ1v) is 7.91. The van der Waals surface area contributed by atoms with E-state index in [1.807, 2.05) is 9.80 Å². The maximum Gasteiger partial charge on any atom is 0.320 e. The van der Waals surface area contributed by atoms with Crippen molar-refractivity contribution in [2.45, 2.75) is 52.0 Å². The maximum atomic E-state index is 12.7. The van der Waals surface area contributed by atoms with E-state index in [1.165, 1.54) is 12.8 Å². The standard InChI is InChI=1S/C15H29N3O/c1-3-13-6-8-18(14(9-13)10-16)15(19)17-7-4-5-12(2)11-17/h12-14H,3-11,16H2,1-2H3. The Hall–Kier alpha value is -0.770.